The van der Waals surface area contributed by atoms with Gasteiger partial charge in [-0.05, 0) is 24.6 Å². The molecule has 0 spiro atoms. The van der Waals surface area contributed by atoms with Crippen molar-refractivity contribution in [3.8, 4) is 11.1 Å². The molecule has 0 fully saturated rings. The van der Waals surface area contributed by atoms with Crippen molar-refractivity contribution in [3.63, 3.8) is 0 Å². The van der Waals surface area contributed by atoms with Crippen LogP contribution in [0.5, 0.6) is 0 Å². The van der Waals surface area contributed by atoms with E-state index in [-0.39, 0.29) is 5.56 Å². The third-order valence-corrected chi connectivity index (χ3v) is 3.18. The molecule has 0 aliphatic heterocycles. The molecule has 0 aliphatic rings. The molecule has 3 aromatic heterocycles. The summed E-state index contributed by atoms with van der Waals surface area (Å²) in [7, 11) is 0. The molecular formula is C14H11F2N3. The Balaban J connectivity index is 2.18. The number of hydrogen-bond donors (Lipinski definition) is 1. The van der Waals surface area contributed by atoms with Crippen molar-refractivity contribution >= 4 is 11.0 Å². The zero-order valence-electron chi connectivity index (χ0n) is 10.2. The number of pyridine rings is 2. The zero-order chi connectivity index (χ0) is 13.4. The van der Waals surface area contributed by atoms with Crippen LogP contribution in [-0.4, -0.2) is 15.0 Å². The summed E-state index contributed by atoms with van der Waals surface area (Å²) < 4.78 is 25.4. The third kappa shape index (κ3) is 1.97. The van der Waals surface area contributed by atoms with Crippen molar-refractivity contribution < 1.29 is 8.78 Å². The van der Waals surface area contributed by atoms with Crippen molar-refractivity contribution in [2.75, 3.05) is 0 Å². The minimum Gasteiger partial charge on any atom is -0.346 e. The number of rotatable bonds is 2. The van der Waals surface area contributed by atoms with Gasteiger partial charge >= 0.3 is 0 Å². The fourth-order valence-electron chi connectivity index (χ4n) is 2.16. The molecule has 1 N–H and O–H groups in total. The first-order valence-electron chi connectivity index (χ1n) is 5.83. The van der Waals surface area contributed by atoms with Gasteiger partial charge in [0.05, 0.1) is 0 Å². The molecule has 0 aliphatic carbocycles. The number of fused-ring (bicyclic) bond motifs is 1. The smallest absolute Gasteiger partial charge is 0.265 e. The number of nitrogens with zero attached hydrogens (tertiary/aromatic N) is 2. The summed E-state index contributed by atoms with van der Waals surface area (Å²) in [4.78, 5) is 11.2. The number of aromatic nitrogens is 3. The van der Waals surface area contributed by atoms with Crippen LogP contribution in [0, 0.1) is 6.92 Å². The van der Waals surface area contributed by atoms with Crippen LogP contribution in [0.25, 0.3) is 22.2 Å². The van der Waals surface area contributed by atoms with Crippen molar-refractivity contribution in [3.05, 3.63) is 48.0 Å². The first-order chi connectivity index (χ1) is 9.16. The largest absolute Gasteiger partial charge is 0.346 e. The molecule has 3 aromatic rings. The van der Waals surface area contributed by atoms with Crippen LogP contribution in [0.2, 0.25) is 0 Å². The van der Waals surface area contributed by atoms with Gasteiger partial charge in [0.15, 0.2) is 0 Å². The quantitative estimate of drug-likeness (QED) is 0.759. The number of aromatic amines is 1. The lowest BCUT2D eigenvalue weighted by Crippen LogP contribution is -1.91. The minimum absolute atomic E-state index is 0.0777. The third-order valence-electron chi connectivity index (χ3n) is 3.18. The summed E-state index contributed by atoms with van der Waals surface area (Å²) >= 11 is 0. The van der Waals surface area contributed by atoms with Gasteiger partial charge in [0, 0.05) is 46.9 Å². The number of hydrogen-bond acceptors (Lipinski definition) is 2. The van der Waals surface area contributed by atoms with Crippen LogP contribution in [0.15, 0.2) is 36.9 Å². The molecule has 96 valence electrons. The SMILES string of the molecule is Cc1c(-c2cncc(C(F)F)c2)cnc2[nH]ccc12. The van der Waals surface area contributed by atoms with Crippen molar-refractivity contribution in [2.45, 2.75) is 13.3 Å². The Morgan fingerprint density at radius 1 is 1.21 bits per heavy atom. The standard InChI is InChI=1S/C14H11F2N3/c1-8-11-2-3-18-14(11)19-7-12(8)9-4-10(13(15)16)6-17-5-9/h2-7,13H,1H3,(H,18,19). The second-order valence-electron chi connectivity index (χ2n) is 4.34. The molecule has 0 unspecified atom stereocenters. The molecule has 0 saturated carbocycles. The Kier molecular flexibility index (Phi) is 2.74. The van der Waals surface area contributed by atoms with E-state index in [1.165, 1.54) is 12.3 Å². The Morgan fingerprint density at radius 3 is 2.84 bits per heavy atom. The van der Waals surface area contributed by atoms with E-state index in [0.717, 1.165) is 22.2 Å². The summed E-state index contributed by atoms with van der Waals surface area (Å²) in [5.74, 6) is 0. The highest BCUT2D eigenvalue weighted by molar-refractivity contribution is 5.86. The highest BCUT2D eigenvalue weighted by Crippen LogP contribution is 2.29. The van der Waals surface area contributed by atoms with E-state index in [9.17, 15) is 8.78 Å². The second kappa shape index (κ2) is 4.42. The summed E-state index contributed by atoms with van der Waals surface area (Å²) in [5, 5.41) is 0.986. The summed E-state index contributed by atoms with van der Waals surface area (Å²) in [6.07, 6.45) is 3.74. The number of nitrogens with one attached hydrogen (secondary N) is 1. The Hall–Kier alpha value is -2.30. The van der Waals surface area contributed by atoms with Crippen LogP contribution in [0.4, 0.5) is 8.78 Å². The topological polar surface area (TPSA) is 41.6 Å². The van der Waals surface area contributed by atoms with E-state index < -0.39 is 6.43 Å². The van der Waals surface area contributed by atoms with Gasteiger partial charge in [0.1, 0.15) is 5.65 Å². The lowest BCUT2D eigenvalue weighted by atomic mass is 10.0. The molecule has 0 radical (unpaired) electrons. The molecular weight excluding hydrogens is 248 g/mol. The van der Waals surface area contributed by atoms with E-state index in [0.29, 0.717) is 5.56 Å². The van der Waals surface area contributed by atoms with Crippen LogP contribution < -0.4 is 0 Å². The van der Waals surface area contributed by atoms with E-state index in [1.54, 1.807) is 12.4 Å². The number of halogens is 2. The van der Waals surface area contributed by atoms with Gasteiger partial charge < -0.3 is 4.98 Å². The maximum Gasteiger partial charge on any atom is 0.265 e. The molecule has 0 bridgehead atoms. The highest BCUT2D eigenvalue weighted by atomic mass is 19.3. The van der Waals surface area contributed by atoms with Crippen molar-refractivity contribution in [1.82, 2.24) is 15.0 Å². The molecule has 3 heterocycles. The molecule has 0 amide bonds. The average Bonchev–Trinajstić information content (AvgIpc) is 2.88. The van der Waals surface area contributed by atoms with Gasteiger partial charge in [-0.15, -0.1) is 0 Å². The Morgan fingerprint density at radius 2 is 2.05 bits per heavy atom. The minimum atomic E-state index is -2.52. The molecule has 0 saturated heterocycles. The van der Waals surface area contributed by atoms with Gasteiger partial charge in [-0.2, -0.15) is 0 Å². The molecule has 19 heavy (non-hydrogen) atoms. The van der Waals surface area contributed by atoms with E-state index in [1.807, 2.05) is 19.2 Å². The summed E-state index contributed by atoms with van der Waals surface area (Å²) in [6, 6.07) is 3.38. The molecule has 0 atom stereocenters. The van der Waals surface area contributed by atoms with E-state index >= 15 is 0 Å². The molecule has 3 rings (SSSR count). The van der Waals surface area contributed by atoms with Crippen molar-refractivity contribution in [1.29, 1.82) is 0 Å². The zero-order valence-corrected chi connectivity index (χ0v) is 10.2. The molecule has 0 aromatic carbocycles. The van der Waals surface area contributed by atoms with Gasteiger partial charge in [0.25, 0.3) is 6.43 Å². The lowest BCUT2D eigenvalue weighted by molar-refractivity contribution is 0.151. The van der Waals surface area contributed by atoms with Crippen molar-refractivity contribution in [2.24, 2.45) is 0 Å². The Bertz CT molecular complexity index is 734. The van der Waals surface area contributed by atoms with E-state index in [2.05, 4.69) is 15.0 Å². The first-order valence-corrected chi connectivity index (χ1v) is 5.83. The van der Waals surface area contributed by atoms with Crippen LogP contribution in [0.1, 0.15) is 17.6 Å². The van der Waals surface area contributed by atoms with E-state index in [4.69, 9.17) is 0 Å². The predicted molar refractivity (Wildman–Crippen MR) is 69.0 cm³/mol. The highest BCUT2D eigenvalue weighted by Gasteiger charge is 2.12. The number of aryl methyl sites for hydroxylation is 1. The fraction of sp³-hybridized carbons (Fsp3) is 0.143. The Labute approximate surface area is 108 Å². The number of alkyl halides is 2. The van der Waals surface area contributed by atoms with Crippen LogP contribution in [0.3, 0.4) is 0 Å². The van der Waals surface area contributed by atoms with Gasteiger partial charge in [0.2, 0.25) is 0 Å². The number of H-pyrrole nitrogens is 1. The van der Waals surface area contributed by atoms with Crippen LogP contribution in [-0.2, 0) is 0 Å². The van der Waals surface area contributed by atoms with Gasteiger partial charge in [-0.3, -0.25) is 4.98 Å². The normalized spacial score (nSPS) is 11.4. The average molecular weight is 259 g/mol. The summed E-state index contributed by atoms with van der Waals surface area (Å²) in [6.45, 7) is 1.95. The first kappa shape index (κ1) is 11.8. The maximum absolute atomic E-state index is 12.7. The van der Waals surface area contributed by atoms with Gasteiger partial charge in [-0.1, -0.05) is 0 Å². The molecule has 5 heteroatoms. The fourth-order valence-corrected chi connectivity index (χ4v) is 2.16. The predicted octanol–water partition coefficient (Wildman–Crippen LogP) is 3.87. The maximum atomic E-state index is 12.7. The van der Waals surface area contributed by atoms with Gasteiger partial charge in [-0.25, -0.2) is 13.8 Å². The molecule has 3 nitrogen and oxygen atoms in total. The monoisotopic (exact) mass is 259 g/mol. The van der Waals surface area contributed by atoms with Crippen LogP contribution >= 0.6 is 0 Å². The second-order valence-corrected chi connectivity index (χ2v) is 4.34. The lowest BCUT2D eigenvalue weighted by Gasteiger charge is -2.08. The summed E-state index contributed by atoms with van der Waals surface area (Å²) in [5.41, 5.74) is 3.19.